The van der Waals surface area contributed by atoms with Crippen LogP contribution in [0.25, 0.3) is 0 Å². The summed E-state index contributed by atoms with van der Waals surface area (Å²) in [6.45, 7) is 8.23. The van der Waals surface area contributed by atoms with Crippen molar-refractivity contribution < 1.29 is 5.21 Å². The van der Waals surface area contributed by atoms with Gasteiger partial charge in [0.2, 0.25) is 0 Å². The second-order valence-corrected chi connectivity index (χ2v) is 3.52. The first-order chi connectivity index (χ1) is 6.24. The van der Waals surface area contributed by atoms with Gasteiger partial charge in [-0.05, 0) is 17.9 Å². The van der Waals surface area contributed by atoms with Crippen molar-refractivity contribution >= 4 is 6.21 Å². The minimum absolute atomic E-state index is 0.699. The average Bonchev–Trinajstić information content (AvgIpc) is 2.12. The third-order valence-corrected chi connectivity index (χ3v) is 2.33. The number of rotatable bonds is 7. The van der Waals surface area contributed by atoms with Crippen molar-refractivity contribution in [3.8, 4) is 0 Å². The maximum Gasteiger partial charge on any atom is 0.0687 e. The maximum atomic E-state index is 8.31. The monoisotopic (exact) mass is 183 g/mol. The van der Waals surface area contributed by atoms with Crippen molar-refractivity contribution in [1.82, 2.24) is 0 Å². The topological polar surface area (TPSA) is 32.6 Å². The van der Waals surface area contributed by atoms with E-state index in [1.165, 1.54) is 31.9 Å². The zero-order chi connectivity index (χ0) is 10.1. The van der Waals surface area contributed by atoms with Gasteiger partial charge in [-0.3, -0.25) is 0 Å². The number of allylic oxidation sites excluding steroid dienone is 1. The highest BCUT2D eigenvalue weighted by molar-refractivity contribution is 5.76. The molecule has 76 valence electrons. The van der Waals surface area contributed by atoms with Gasteiger partial charge in [-0.1, -0.05) is 51.3 Å². The summed E-state index contributed by atoms with van der Waals surface area (Å²) in [5.74, 6) is 0.699. The lowest BCUT2D eigenvalue weighted by Crippen LogP contribution is -2.01. The molecule has 0 saturated carbocycles. The highest BCUT2D eigenvalue weighted by atomic mass is 16.4. The first-order valence-corrected chi connectivity index (χ1v) is 5.09. The Labute approximate surface area is 81.3 Å². The second-order valence-electron chi connectivity index (χ2n) is 3.52. The molecule has 0 aliphatic heterocycles. The van der Waals surface area contributed by atoms with Gasteiger partial charge in [-0.25, -0.2) is 0 Å². The van der Waals surface area contributed by atoms with Crippen molar-refractivity contribution in [3.05, 3.63) is 12.2 Å². The van der Waals surface area contributed by atoms with Crippen LogP contribution in [0.4, 0.5) is 0 Å². The van der Waals surface area contributed by atoms with Gasteiger partial charge in [0.1, 0.15) is 0 Å². The summed E-state index contributed by atoms with van der Waals surface area (Å²) in [5.41, 5.74) is 0.922. The molecule has 0 fully saturated rings. The molecule has 0 amide bonds. The van der Waals surface area contributed by atoms with Crippen LogP contribution >= 0.6 is 0 Å². The fourth-order valence-corrected chi connectivity index (χ4v) is 1.45. The van der Waals surface area contributed by atoms with Crippen LogP contribution in [0.1, 0.15) is 46.0 Å². The average molecular weight is 183 g/mol. The molecule has 0 saturated heterocycles. The highest BCUT2D eigenvalue weighted by Gasteiger charge is 2.06. The van der Waals surface area contributed by atoms with Crippen molar-refractivity contribution in [2.75, 3.05) is 0 Å². The van der Waals surface area contributed by atoms with E-state index in [1.807, 2.05) is 0 Å². The highest BCUT2D eigenvalue weighted by Crippen LogP contribution is 2.19. The van der Waals surface area contributed by atoms with Gasteiger partial charge >= 0.3 is 0 Å². The SMILES string of the molecule is C=C(/C=N/O)CC(CC)CCCC. The van der Waals surface area contributed by atoms with Gasteiger partial charge in [-0.15, -0.1) is 0 Å². The lowest BCUT2D eigenvalue weighted by Gasteiger charge is -2.13. The lowest BCUT2D eigenvalue weighted by molar-refractivity contribution is 0.321. The predicted molar refractivity (Wildman–Crippen MR) is 57.3 cm³/mol. The van der Waals surface area contributed by atoms with E-state index in [1.54, 1.807) is 0 Å². The zero-order valence-electron chi connectivity index (χ0n) is 8.79. The van der Waals surface area contributed by atoms with Crippen molar-refractivity contribution in [2.24, 2.45) is 11.1 Å². The number of hydrogen-bond acceptors (Lipinski definition) is 2. The molecule has 0 radical (unpaired) electrons. The van der Waals surface area contributed by atoms with Crippen LogP contribution in [0.3, 0.4) is 0 Å². The number of hydrogen-bond donors (Lipinski definition) is 1. The van der Waals surface area contributed by atoms with Crippen molar-refractivity contribution in [2.45, 2.75) is 46.0 Å². The first-order valence-electron chi connectivity index (χ1n) is 5.09. The Morgan fingerprint density at radius 1 is 1.54 bits per heavy atom. The number of oxime groups is 1. The summed E-state index contributed by atoms with van der Waals surface area (Å²) in [4.78, 5) is 0. The molecule has 0 aliphatic carbocycles. The van der Waals surface area contributed by atoms with Gasteiger partial charge in [0, 0.05) is 0 Å². The summed E-state index contributed by atoms with van der Waals surface area (Å²) in [6.07, 6.45) is 7.36. The molecule has 0 aromatic carbocycles. The van der Waals surface area contributed by atoms with Gasteiger partial charge in [0.25, 0.3) is 0 Å². The minimum Gasteiger partial charge on any atom is -0.411 e. The first kappa shape index (κ1) is 12.2. The summed E-state index contributed by atoms with van der Waals surface area (Å²) in [7, 11) is 0. The van der Waals surface area contributed by atoms with E-state index in [-0.39, 0.29) is 0 Å². The van der Waals surface area contributed by atoms with Crippen LogP contribution in [0, 0.1) is 5.92 Å². The fourth-order valence-electron chi connectivity index (χ4n) is 1.45. The standard InChI is InChI=1S/C11H21NO/c1-4-6-7-11(5-2)8-10(3)9-12-13/h9,11,13H,3-8H2,1-2H3/b12-9+. The largest absolute Gasteiger partial charge is 0.411 e. The van der Waals surface area contributed by atoms with Crippen LogP contribution in [-0.2, 0) is 0 Å². The molecule has 0 heterocycles. The summed E-state index contributed by atoms with van der Waals surface area (Å²) >= 11 is 0. The van der Waals surface area contributed by atoms with Gasteiger partial charge in [0.05, 0.1) is 6.21 Å². The smallest absolute Gasteiger partial charge is 0.0687 e. The van der Waals surface area contributed by atoms with Crippen molar-refractivity contribution in [3.63, 3.8) is 0 Å². The third-order valence-electron chi connectivity index (χ3n) is 2.33. The maximum absolute atomic E-state index is 8.31. The van der Waals surface area contributed by atoms with Crippen LogP contribution in [0.15, 0.2) is 17.3 Å². The molecule has 1 unspecified atom stereocenters. The van der Waals surface area contributed by atoms with Gasteiger partial charge in [0.15, 0.2) is 0 Å². The quantitative estimate of drug-likeness (QED) is 0.365. The second kappa shape index (κ2) is 7.84. The van der Waals surface area contributed by atoms with E-state index in [4.69, 9.17) is 5.21 Å². The molecule has 0 aromatic heterocycles. The molecule has 0 rings (SSSR count). The molecule has 13 heavy (non-hydrogen) atoms. The van der Waals surface area contributed by atoms with E-state index in [2.05, 4.69) is 25.6 Å². The van der Waals surface area contributed by atoms with Gasteiger partial charge < -0.3 is 5.21 Å². The predicted octanol–water partition coefficient (Wildman–Crippen LogP) is 3.61. The van der Waals surface area contributed by atoms with E-state index in [9.17, 15) is 0 Å². The fraction of sp³-hybridized carbons (Fsp3) is 0.727. The normalized spacial score (nSPS) is 13.4. The molecule has 0 aromatic rings. The van der Waals surface area contributed by atoms with E-state index in [0.717, 1.165) is 12.0 Å². The molecular weight excluding hydrogens is 162 g/mol. The summed E-state index contributed by atoms with van der Waals surface area (Å²) in [5, 5.41) is 11.3. The molecule has 1 N–H and O–H groups in total. The Kier molecular flexibility index (Phi) is 7.36. The van der Waals surface area contributed by atoms with Crippen LogP contribution in [0.5, 0.6) is 0 Å². The Morgan fingerprint density at radius 2 is 2.23 bits per heavy atom. The lowest BCUT2D eigenvalue weighted by atomic mass is 9.93. The summed E-state index contributed by atoms with van der Waals surface area (Å²) < 4.78 is 0. The van der Waals surface area contributed by atoms with Crippen LogP contribution < -0.4 is 0 Å². The number of nitrogens with zero attached hydrogens (tertiary/aromatic N) is 1. The summed E-state index contributed by atoms with van der Waals surface area (Å²) in [6, 6.07) is 0. The van der Waals surface area contributed by atoms with Crippen LogP contribution in [0.2, 0.25) is 0 Å². The van der Waals surface area contributed by atoms with Gasteiger partial charge in [-0.2, -0.15) is 0 Å². The Balaban J connectivity index is 3.76. The molecule has 0 aliphatic rings. The molecule has 2 heteroatoms. The minimum atomic E-state index is 0.699. The molecular formula is C11H21NO. The van der Waals surface area contributed by atoms with E-state index < -0.39 is 0 Å². The number of unbranched alkanes of at least 4 members (excludes halogenated alkanes) is 1. The molecule has 0 spiro atoms. The molecule has 0 bridgehead atoms. The van der Waals surface area contributed by atoms with E-state index >= 15 is 0 Å². The Hall–Kier alpha value is -0.790. The zero-order valence-corrected chi connectivity index (χ0v) is 8.79. The Morgan fingerprint density at radius 3 is 2.69 bits per heavy atom. The van der Waals surface area contributed by atoms with E-state index in [0.29, 0.717) is 5.92 Å². The Bertz CT molecular complexity index is 163. The van der Waals surface area contributed by atoms with Crippen molar-refractivity contribution in [1.29, 1.82) is 0 Å². The molecule has 2 nitrogen and oxygen atoms in total. The molecule has 1 atom stereocenters. The van der Waals surface area contributed by atoms with Crippen LogP contribution in [-0.4, -0.2) is 11.4 Å². The third kappa shape index (κ3) is 6.38.